The zero-order valence-electron chi connectivity index (χ0n) is 11.3. The molecule has 0 fully saturated rings. The summed E-state index contributed by atoms with van der Waals surface area (Å²) in [7, 11) is 1.30. The number of nitrogens with two attached hydrogens (primary N) is 2. The van der Waals surface area contributed by atoms with Crippen LogP contribution in [0.5, 0.6) is 0 Å². The van der Waals surface area contributed by atoms with Gasteiger partial charge in [-0.05, 0) is 31.5 Å². The van der Waals surface area contributed by atoms with Crippen molar-refractivity contribution in [2.45, 2.75) is 26.3 Å². The van der Waals surface area contributed by atoms with Gasteiger partial charge in [0.2, 0.25) is 5.91 Å². The molecule has 0 saturated carbocycles. The lowest BCUT2D eigenvalue weighted by molar-refractivity contribution is -0.118. The molecule has 0 aliphatic rings. The average molecular weight is 265 g/mol. The van der Waals surface area contributed by atoms with E-state index in [9.17, 15) is 9.59 Å². The van der Waals surface area contributed by atoms with Crippen LogP contribution in [0.3, 0.4) is 0 Å². The quantitative estimate of drug-likeness (QED) is 0.544. The largest absolute Gasteiger partial charge is 0.465 e. The van der Waals surface area contributed by atoms with Crippen LogP contribution >= 0.6 is 0 Å². The number of ether oxygens (including phenoxy) is 1. The smallest absolute Gasteiger partial charge is 0.340 e. The van der Waals surface area contributed by atoms with Crippen LogP contribution in [0.4, 0.5) is 11.4 Å². The van der Waals surface area contributed by atoms with Gasteiger partial charge in [-0.2, -0.15) is 0 Å². The second kappa shape index (κ2) is 6.08. The van der Waals surface area contributed by atoms with Gasteiger partial charge < -0.3 is 21.5 Å². The van der Waals surface area contributed by atoms with Crippen LogP contribution in [-0.2, 0) is 9.53 Å². The molecule has 1 atom stereocenters. The predicted molar refractivity (Wildman–Crippen MR) is 73.8 cm³/mol. The number of benzene rings is 1. The van der Waals surface area contributed by atoms with E-state index in [-0.39, 0.29) is 18.4 Å². The molecule has 5 N–H and O–H groups in total. The summed E-state index contributed by atoms with van der Waals surface area (Å²) in [5.41, 5.74) is 13.1. The maximum atomic E-state index is 11.6. The number of amides is 1. The number of carbonyl (C=O) groups excluding carboxylic acids is 2. The average Bonchev–Trinajstić information content (AvgIpc) is 2.31. The van der Waals surface area contributed by atoms with Crippen molar-refractivity contribution in [1.82, 2.24) is 0 Å². The molecular weight excluding hydrogens is 246 g/mol. The molecule has 1 aromatic rings. The lowest BCUT2D eigenvalue weighted by atomic mass is 10.1. The third-order valence-corrected chi connectivity index (χ3v) is 2.71. The summed E-state index contributed by atoms with van der Waals surface area (Å²) in [4.78, 5) is 22.4. The van der Waals surface area contributed by atoms with Gasteiger partial charge in [-0.15, -0.1) is 0 Å². The molecule has 1 aromatic carbocycles. The molecule has 6 heteroatoms. The van der Waals surface area contributed by atoms with Crippen LogP contribution in [-0.4, -0.2) is 25.0 Å². The van der Waals surface area contributed by atoms with E-state index < -0.39 is 5.97 Å². The summed E-state index contributed by atoms with van der Waals surface area (Å²) in [5, 5.41) is 3.10. The molecular formula is C13H19N3O3. The van der Waals surface area contributed by atoms with Gasteiger partial charge in [0.1, 0.15) is 0 Å². The van der Waals surface area contributed by atoms with Crippen molar-refractivity contribution >= 4 is 23.3 Å². The Bertz CT molecular complexity index is 500. The van der Waals surface area contributed by atoms with Crippen LogP contribution < -0.4 is 16.8 Å². The number of nitrogens with one attached hydrogen (secondary N) is 1. The standard InChI is InChI=1S/C13H19N3O3/c1-7-4-9(16-8(2)5-11(14)17)6-10(12(7)15)13(18)19-3/h4,6,8,16H,5,15H2,1-3H3,(H2,14,17). The second-order valence-corrected chi connectivity index (χ2v) is 4.46. The summed E-state index contributed by atoms with van der Waals surface area (Å²) in [6.45, 7) is 3.62. The van der Waals surface area contributed by atoms with Gasteiger partial charge in [-0.25, -0.2) is 4.79 Å². The van der Waals surface area contributed by atoms with Gasteiger partial charge in [0.25, 0.3) is 0 Å². The highest BCUT2D eigenvalue weighted by Gasteiger charge is 2.14. The number of aryl methyl sites for hydroxylation is 1. The van der Waals surface area contributed by atoms with Gasteiger partial charge in [0.15, 0.2) is 0 Å². The summed E-state index contributed by atoms with van der Waals surface area (Å²) in [5.74, 6) is -0.882. The van der Waals surface area contributed by atoms with Crippen LogP contribution in [0, 0.1) is 6.92 Å². The Kier molecular flexibility index (Phi) is 4.74. The monoisotopic (exact) mass is 265 g/mol. The first kappa shape index (κ1) is 14.8. The fraction of sp³-hybridized carbons (Fsp3) is 0.385. The molecule has 0 aliphatic carbocycles. The van der Waals surface area contributed by atoms with E-state index in [2.05, 4.69) is 10.1 Å². The Morgan fingerprint density at radius 1 is 1.42 bits per heavy atom. The second-order valence-electron chi connectivity index (χ2n) is 4.46. The minimum Gasteiger partial charge on any atom is -0.465 e. The predicted octanol–water partition coefficient (Wildman–Crippen LogP) is 1.04. The van der Waals surface area contributed by atoms with Gasteiger partial charge in [0.05, 0.1) is 12.7 Å². The van der Waals surface area contributed by atoms with Crippen molar-refractivity contribution in [2.75, 3.05) is 18.2 Å². The molecule has 0 heterocycles. The molecule has 1 rings (SSSR count). The van der Waals surface area contributed by atoms with E-state index >= 15 is 0 Å². The number of nitrogen functional groups attached to an aromatic ring is 1. The van der Waals surface area contributed by atoms with Crippen molar-refractivity contribution in [2.24, 2.45) is 5.73 Å². The fourth-order valence-electron chi connectivity index (χ4n) is 1.80. The summed E-state index contributed by atoms with van der Waals surface area (Å²) in [6.07, 6.45) is 0.205. The van der Waals surface area contributed by atoms with Crippen molar-refractivity contribution in [3.63, 3.8) is 0 Å². The number of methoxy groups -OCH3 is 1. The minimum atomic E-state index is -0.494. The van der Waals surface area contributed by atoms with Crippen LogP contribution in [0.15, 0.2) is 12.1 Å². The van der Waals surface area contributed by atoms with Gasteiger partial charge in [0, 0.05) is 23.8 Å². The molecule has 0 aliphatic heterocycles. The number of hydrogen-bond donors (Lipinski definition) is 3. The van der Waals surface area contributed by atoms with Crippen molar-refractivity contribution in [1.29, 1.82) is 0 Å². The molecule has 0 aromatic heterocycles. The number of rotatable bonds is 5. The van der Waals surface area contributed by atoms with E-state index in [0.717, 1.165) is 5.56 Å². The normalized spacial score (nSPS) is 11.7. The van der Waals surface area contributed by atoms with Crippen molar-refractivity contribution in [3.05, 3.63) is 23.3 Å². The third-order valence-electron chi connectivity index (χ3n) is 2.71. The lowest BCUT2D eigenvalue weighted by Gasteiger charge is -2.16. The molecule has 0 radical (unpaired) electrons. The SMILES string of the molecule is COC(=O)c1cc(NC(C)CC(N)=O)cc(C)c1N. The van der Waals surface area contributed by atoms with Gasteiger partial charge >= 0.3 is 5.97 Å². The first-order valence-corrected chi connectivity index (χ1v) is 5.88. The van der Waals surface area contributed by atoms with Crippen LogP contribution in [0.25, 0.3) is 0 Å². The molecule has 19 heavy (non-hydrogen) atoms. The number of esters is 1. The van der Waals surface area contributed by atoms with E-state index in [4.69, 9.17) is 11.5 Å². The van der Waals surface area contributed by atoms with Crippen LogP contribution in [0.2, 0.25) is 0 Å². The van der Waals surface area contributed by atoms with E-state index in [1.807, 2.05) is 6.92 Å². The van der Waals surface area contributed by atoms with E-state index in [1.54, 1.807) is 19.1 Å². The molecule has 0 saturated heterocycles. The molecule has 6 nitrogen and oxygen atoms in total. The van der Waals surface area contributed by atoms with Crippen molar-refractivity contribution < 1.29 is 14.3 Å². The summed E-state index contributed by atoms with van der Waals surface area (Å²) >= 11 is 0. The molecule has 0 spiro atoms. The minimum absolute atomic E-state index is 0.133. The maximum Gasteiger partial charge on any atom is 0.340 e. The first-order valence-electron chi connectivity index (χ1n) is 5.88. The molecule has 1 unspecified atom stereocenters. The van der Waals surface area contributed by atoms with Gasteiger partial charge in [-0.1, -0.05) is 0 Å². The highest BCUT2D eigenvalue weighted by Crippen LogP contribution is 2.24. The van der Waals surface area contributed by atoms with E-state index in [0.29, 0.717) is 16.9 Å². The zero-order chi connectivity index (χ0) is 14.6. The molecule has 1 amide bonds. The number of anilines is 2. The number of primary amides is 1. The lowest BCUT2D eigenvalue weighted by Crippen LogP contribution is -2.24. The Hall–Kier alpha value is -2.24. The molecule has 0 bridgehead atoms. The number of hydrogen-bond acceptors (Lipinski definition) is 5. The maximum absolute atomic E-state index is 11.6. The topological polar surface area (TPSA) is 107 Å². The summed E-state index contributed by atoms with van der Waals surface area (Å²) in [6, 6.07) is 3.27. The Morgan fingerprint density at radius 3 is 2.58 bits per heavy atom. The number of carbonyl (C=O) groups is 2. The Labute approximate surface area is 112 Å². The highest BCUT2D eigenvalue weighted by atomic mass is 16.5. The molecule has 104 valence electrons. The van der Waals surface area contributed by atoms with Gasteiger partial charge in [-0.3, -0.25) is 4.79 Å². The van der Waals surface area contributed by atoms with Crippen LogP contribution in [0.1, 0.15) is 29.3 Å². The summed E-state index contributed by atoms with van der Waals surface area (Å²) < 4.78 is 4.68. The van der Waals surface area contributed by atoms with E-state index in [1.165, 1.54) is 7.11 Å². The first-order chi connectivity index (χ1) is 8.85. The third kappa shape index (κ3) is 3.87. The zero-order valence-corrected chi connectivity index (χ0v) is 11.3. The van der Waals surface area contributed by atoms with Crippen molar-refractivity contribution in [3.8, 4) is 0 Å². The highest BCUT2D eigenvalue weighted by molar-refractivity contribution is 5.97. The Balaban J connectivity index is 3.00. The Morgan fingerprint density at radius 2 is 2.05 bits per heavy atom. The fourth-order valence-corrected chi connectivity index (χ4v) is 1.80.